The predicted octanol–water partition coefficient (Wildman–Crippen LogP) is 5.90. The lowest BCUT2D eigenvalue weighted by Crippen LogP contribution is -2.29. The van der Waals surface area contributed by atoms with Gasteiger partial charge in [0.25, 0.3) is 0 Å². The Kier molecular flexibility index (Phi) is 5.53. The van der Waals surface area contributed by atoms with Crippen molar-refractivity contribution in [2.75, 3.05) is 19.6 Å². The molecule has 0 amide bonds. The average molecular weight is 326 g/mol. The molecule has 0 bridgehead atoms. The Morgan fingerprint density at radius 2 is 1.48 bits per heavy atom. The lowest BCUT2D eigenvalue weighted by molar-refractivity contribution is 0.251. The van der Waals surface area contributed by atoms with Crippen molar-refractivity contribution < 1.29 is 0 Å². The highest BCUT2D eigenvalue weighted by Crippen LogP contribution is 2.24. The van der Waals surface area contributed by atoms with Gasteiger partial charge in [-0.05, 0) is 67.3 Å². The summed E-state index contributed by atoms with van der Waals surface area (Å²) in [5, 5.41) is 0.780. The van der Waals surface area contributed by atoms with Gasteiger partial charge in [-0.3, -0.25) is 4.90 Å². The van der Waals surface area contributed by atoms with E-state index >= 15 is 0 Å². The van der Waals surface area contributed by atoms with Crippen LogP contribution in [-0.4, -0.2) is 24.5 Å². The first-order valence-corrected chi connectivity index (χ1v) is 8.86. The van der Waals surface area contributed by atoms with E-state index in [1.54, 1.807) is 0 Å². The zero-order valence-electron chi connectivity index (χ0n) is 13.8. The normalized spacial score (nSPS) is 16.5. The maximum absolute atomic E-state index is 5.95. The number of nitrogens with zero attached hydrogens (tertiary/aromatic N) is 1. The van der Waals surface area contributed by atoms with E-state index in [4.69, 9.17) is 11.6 Å². The van der Waals surface area contributed by atoms with Gasteiger partial charge in [-0.1, -0.05) is 60.5 Å². The van der Waals surface area contributed by atoms with Gasteiger partial charge in [-0.25, -0.2) is 0 Å². The molecular weight excluding hydrogens is 302 g/mol. The Bertz CT molecular complexity index is 649. The number of piperidine rings is 1. The van der Waals surface area contributed by atoms with Gasteiger partial charge in [0.2, 0.25) is 0 Å². The zero-order valence-corrected chi connectivity index (χ0v) is 14.5. The molecule has 120 valence electrons. The summed E-state index contributed by atoms with van der Waals surface area (Å²) >= 11 is 5.95. The zero-order chi connectivity index (χ0) is 16.1. The van der Waals surface area contributed by atoms with Crippen molar-refractivity contribution >= 4 is 17.2 Å². The molecule has 1 nitrogen and oxygen atoms in total. The molecule has 1 heterocycles. The van der Waals surface area contributed by atoms with Gasteiger partial charge < -0.3 is 0 Å². The highest BCUT2D eigenvalue weighted by molar-refractivity contribution is 6.30. The summed E-state index contributed by atoms with van der Waals surface area (Å²) in [6.45, 7) is 5.78. The van der Waals surface area contributed by atoms with Crippen LogP contribution >= 0.6 is 11.6 Å². The second-order valence-corrected chi connectivity index (χ2v) is 6.77. The van der Waals surface area contributed by atoms with E-state index in [9.17, 15) is 0 Å². The molecule has 1 saturated heterocycles. The summed E-state index contributed by atoms with van der Waals surface area (Å²) in [7, 11) is 0. The van der Waals surface area contributed by atoms with E-state index in [1.807, 2.05) is 12.1 Å². The second-order valence-electron chi connectivity index (χ2n) is 6.33. The summed E-state index contributed by atoms with van der Waals surface area (Å²) < 4.78 is 0. The van der Waals surface area contributed by atoms with E-state index in [1.165, 1.54) is 54.6 Å². The number of likely N-dealkylation sites (tertiary alicyclic amines) is 1. The van der Waals surface area contributed by atoms with Crippen molar-refractivity contribution in [3.05, 3.63) is 65.2 Å². The smallest absolute Gasteiger partial charge is 0.0406 e. The Morgan fingerprint density at radius 3 is 2.09 bits per heavy atom. The van der Waals surface area contributed by atoms with Crippen LogP contribution < -0.4 is 0 Å². The Morgan fingerprint density at radius 1 is 0.913 bits per heavy atom. The molecule has 0 aromatic heterocycles. The summed E-state index contributed by atoms with van der Waals surface area (Å²) in [5.41, 5.74) is 5.10. The van der Waals surface area contributed by atoms with Crippen molar-refractivity contribution in [2.24, 2.45) is 0 Å². The van der Waals surface area contributed by atoms with Gasteiger partial charge in [-0.15, -0.1) is 0 Å². The van der Waals surface area contributed by atoms with E-state index < -0.39 is 0 Å². The van der Waals surface area contributed by atoms with Gasteiger partial charge in [-0.2, -0.15) is 0 Å². The van der Waals surface area contributed by atoms with Crippen molar-refractivity contribution in [1.29, 1.82) is 0 Å². The molecule has 1 aliphatic heterocycles. The minimum Gasteiger partial charge on any atom is -0.300 e. The monoisotopic (exact) mass is 325 g/mol. The molecule has 0 spiro atoms. The maximum atomic E-state index is 5.95. The molecule has 0 unspecified atom stereocenters. The van der Waals surface area contributed by atoms with Gasteiger partial charge in [0.05, 0.1) is 0 Å². The first kappa shape index (κ1) is 16.3. The van der Waals surface area contributed by atoms with Crippen LogP contribution in [0, 0.1) is 0 Å². The average Bonchev–Trinajstić information content (AvgIpc) is 2.61. The minimum absolute atomic E-state index is 0.780. The molecule has 0 radical (unpaired) electrons. The molecule has 23 heavy (non-hydrogen) atoms. The van der Waals surface area contributed by atoms with Crippen LogP contribution in [0.2, 0.25) is 5.02 Å². The molecule has 0 atom stereocenters. The Labute approximate surface area is 144 Å². The van der Waals surface area contributed by atoms with Crippen LogP contribution in [0.25, 0.3) is 16.7 Å². The van der Waals surface area contributed by atoms with Crippen LogP contribution in [0.15, 0.2) is 54.6 Å². The van der Waals surface area contributed by atoms with Crippen molar-refractivity contribution in [1.82, 2.24) is 4.90 Å². The Balaban J connectivity index is 1.67. The van der Waals surface area contributed by atoms with E-state index in [0.29, 0.717) is 0 Å². The fourth-order valence-electron chi connectivity index (χ4n) is 3.09. The number of rotatable bonds is 4. The fraction of sp³-hybridized carbons (Fsp3) is 0.333. The molecule has 0 N–H and O–H groups in total. The lowest BCUT2D eigenvalue weighted by atomic mass is 10.0. The van der Waals surface area contributed by atoms with Gasteiger partial charge in [0.1, 0.15) is 0 Å². The van der Waals surface area contributed by atoms with Crippen LogP contribution in [-0.2, 0) is 0 Å². The molecule has 3 rings (SSSR count). The highest BCUT2D eigenvalue weighted by atomic mass is 35.5. The molecule has 2 aromatic rings. The van der Waals surface area contributed by atoms with E-state index in [0.717, 1.165) is 11.6 Å². The van der Waals surface area contributed by atoms with Crippen molar-refractivity contribution in [2.45, 2.75) is 26.2 Å². The van der Waals surface area contributed by atoms with E-state index in [-0.39, 0.29) is 0 Å². The molecule has 1 fully saturated rings. The molecule has 0 saturated carbocycles. The van der Waals surface area contributed by atoms with Crippen LogP contribution in [0.1, 0.15) is 31.7 Å². The van der Waals surface area contributed by atoms with Gasteiger partial charge >= 0.3 is 0 Å². The number of benzene rings is 2. The number of hydrogen-bond acceptors (Lipinski definition) is 1. The second kappa shape index (κ2) is 7.81. The molecule has 2 heteroatoms. The Hall–Kier alpha value is -1.57. The van der Waals surface area contributed by atoms with E-state index in [2.05, 4.69) is 54.3 Å². The largest absolute Gasteiger partial charge is 0.300 e. The molecular formula is C21H24ClN. The standard InChI is InChI=1S/C21H24ClN/c1-17(13-16-23-14-3-2-4-15-23)18-5-7-19(8-6-18)20-9-11-21(22)12-10-20/h5-13H,2-4,14-16H2,1H3. The highest BCUT2D eigenvalue weighted by Gasteiger charge is 2.08. The van der Waals surface area contributed by atoms with Crippen molar-refractivity contribution in [3.63, 3.8) is 0 Å². The first-order chi connectivity index (χ1) is 11.2. The van der Waals surface area contributed by atoms with Gasteiger partial charge in [0.15, 0.2) is 0 Å². The topological polar surface area (TPSA) is 3.24 Å². The number of halogens is 1. The molecule has 2 aromatic carbocycles. The van der Waals surface area contributed by atoms with Crippen LogP contribution in [0.5, 0.6) is 0 Å². The van der Waals surface area contributed by atoms with Crippen LogP contribution in [0.3, 0.4) is 0 Å². The maximum Gasteiger partial charge on any atom is 0.0406 e. The molecule has 0 aliphatic carbocycles. The summed E-state index contributed by atoms with van der Waals surface area (Å²) in [6, 6.07) is 16.8. The predicted molar refractivity (Wildman–Crippen MR) is 101 cm³/mol. The van der Waals surface area contributed by atoms with Crippen molar-refractivity contribution in [3.8, 4) is 11.1 Å². The number of hydrogen-bond donors (Lipinski definition) is 0. The first-order valence-electron chi connectivity index (χ1n) is 8.48. The molecule has 1 aliphatic rings. The van der Waals surface area contributed by atoms with Gasteiger partial charge in [0, 0.05) is 11.6 Å². The third-order valence-electron chi connectivity index (χ3n) is 4.62. The SMILES string of the molecule is CC(=CCN1CCCCC1)c1ccc(-c2ccc(Cl)cc2)cc1. The third-order valence-corrected chi connectivity index (χ3v) is 4.87. The summed E-state index contributed by atoms with van der Waals surface area (Å²) in [4.78, 5) is 2.55. The minimum atomic E-state index is 0.780. The lowest BCUT2D eigenvalue weighted by Gasteiger charge is -2.25. The fourth-order valence-corrected chi connectivity index (χ4v) is 3.22. The summed E-state index contributed by atoms with van der Waals surface area (Å²) in [6.07, 6.45) is 6.46. The van der Waals surface area contributed by atoms with Crippen LogP contribution in [0.4, 0.5) is 0 Å². The quantitative estimate of drug-likeness (QED) is 0.676. The third kappa shape index (κ3) is 4.46. The summed E-state index contributed by atoms with van der Waals surface area (Å²) in [5.74, 6) is 0. The number of allylic oxidation sites excluding steroid dienone is 1.